The number of benzene rings is 1. The molecule has 1 fully saturated rings. The fourth-order valence-electron chi connectivity index (χ4n) is 2.42. The monoisotopic (exact) mass is 304 g/mol. The number of hydrogen-bond donors (Lipinski definition) is 1. The first-order chi connectivity index (χ1) is 9.00. The summed E-state index contributed by atoms with van der Waals surface area (Å²) in [6.45, 7) is 1.58. The van der Waals surface area contributed by atoms with Gasteiger partial charge < -0.3 is 10.2 Å². The van der Waals surface area contributed by atoms with Crippen molar-refractivity contribution in [3.8, 4) is 0 Å². The molecule has 0 aliphatic carbocycles. The Hall–Kier alpha value is -1.20. The number of piperidine rings is 1. The quantitative estimate of drug-likeness (QED) is 0.911. The minimum atomic E-state index is -0.943. The summed E-state index contributed by atoms with van der Waals surface area (Å²) in [5, 5.41) is 3.18. The minimum absolute atomic E-state index is 0. The highest BCUT2D eigenvalue weighted by Gasteiger charge is 2.23. The van der Waals surface area contributed by atoms with Crippen molar-refractivity contribution in [2.45, 2.75) is 18.8 Å². The first-order valence-electron chi connectivity index (χ1n) is 6.42. The van der Waals surface area contributed by atoms with Gasteiger partial charge in [-0.1, -0.05) is 0 Å². The van der Waals surface area contributed by atoms with Gasteiger partial charge >= 0.3 is 0 Å². The standard InChI is InChI=1S/C14H18F2N2O.ClH/c1-18(2)14(19)10-7-11(13(16)12(15)8-10)9-3-5-17-6-4-9;/h7-9,17H,3-6H2,1-2H3;1H. The van der Waals surface area contributed by atoms with Gasteiger partial charge in [-0.3, -0.25) is 4.79 Å². The summed E-state index contributed by atoms with van der Waals surface area (Å²) in [5.74, 6) is -2.09. The lowest BCUT2D eigenvalue weighted by molar-refractivity contribution is 0.0827. The van der Waals surface area contributed by atoms with Gasteiger partial charge in [0.15, 0.2) is 11.6 Å². The molecule has 0 spiro atoms. The first kappa shape index (κ1) is 16.9. The van der Waals surface area contributed by atoms with Crippen molar-refractivity contribution < 1.29 is 13.6 Å². The van der Waals surface area contributed by atoms with E-state index in [1.54, 1.807) is 14.1 Å². The molecule has 1 aromatic rings. The van der Waals surface area contributed by atoms with Crippen molar-refractivity contribution in [3.63, 3.8) is 0 Å². The van der Waals surface area contributed by atoms with Gasteiger partial charge in [0.25, 0.3) is 5.91 Å². The molecule has 0 atom stereocenters. The van der Waals surface area contributed by atoms with Crippen LogP contribution >= 0.6 is 12.4 Å². The molecule has 3 nitrogen and oxygen atoms in total. The van der Waals surface area contributed by atoms with Crippen LogP contribution in [-0.4, -0.2) is 38.0 Å². The summed E-state index contributed by atoms with van der Waals surface area (Å²) in [5.41, 5.74) is 0.532. The minimum Gasteiger partial charge on any atom is -0.345 e. The summed E-state index contributed by atoms with van der Waals surface area (Å²) in [6, 6.07) is 2.47. The van der Waals surface area contributed by atoms with E-state index in [9.17, 15) is 13.6 Å². The lowest BCUT2D eigenvalue weighted by Crippen LogP contribution is -2.28. The molecular weight excluding hydrogens is 286 g/mol. The van der Waals surface area contributed by atoms with Crippen LogP contribution in [0.3, 0.4) is 0 Å². The Balaban J connectivity index is 0.00000200. The Morgan fingerprint density at radius 1 is 1.25 bits per heavy atom. The van der Waals surface area contributed by atoms with Crippen LogP contribution in [0.25, 0.3) is 0 Å². The molecule has 1 N–H and O–H groups in total. The third-order valence-electron chi connectivity index (χ3n) is 3.49. The zero-order valence-electron chi connectivity index (χ0n) is 11.6. The van der Waals surface area contributed by atoms with Crippen molar-refractivity contribution in [3.05, 3.63) is 34.9 Å². The second-order valence-corrected chi connectivity index (χ2v) is 5.09. The number of amides is 1. The predicted molar refractivity (Wildman–Crippen MR) is 76.5 cm³/mol. The van der Waals surface area contributed by atoms with Gasteiger partial charge in [0.2, 0.25) is 0 Å². The van der Waals surface area contributed by atoms with Crippen molar-refractivity contribution in [1.82, 2.24) is 10.2 Å². The number of carbonyl (C=O) groups is 1. The molecule has 112 valence electrons. The lowest BCUT2D eigenvalue weighted by atomic mass is 9.88. The summed E-state index contributed by atoms with van der Waals surface area (Å²) < 4.78 is 27.6. The molecule has 0 aromatic heterocycles. The Morgan fingerprint density at radius 3 is 2.40 bits per heavy atom. The average Bonchev–Trinajstić information content (AvgIpc) is 2.41. The number of nitrogens with one attached hydrogen (secondary N) is 1. The highest BCUT2D eigenvalue weighted by Crippen LogP contribution is 2.29. The summed E-state index contributed by atoms with van der Waals surface area (Å²) in [7, 11) is 3.18. The number of rotatable bonds is 2. The van der Waals surface area contributed by atoms with E-state index in [2.05, 4.69) is 5.32 Å². The molecule has 20 heavy (non-hydrogen) atoms. The average molecular weight is 305 g/mol. The Bertz CT molecular complexity index is 488. The van der Waals surface area contributed by atoms with Crippen LogP contribution in [0.2, 0.25) is 0 Å². The summed E-state index contributed by atoms with van der Waals surface area (Å²) >= 11 is 0. The highest BCUT2D eigenvalue weighted by molar-refractivity contribution is 5.94. The summed E-state index contributed by atoms with van der Waals surface area (Å²) in [4.78, 5) is 13.2. The van der Waals surface area contributed by atoms with E-state index in [1.165, 1.54) is 11.0 Å². The molecule has 1 saturated heterocycles. The molecule has 1 heterocycles. The number of halogens is 3. The molecule has 1 aliphatic heterocycles. The topological polar surface area (TPSA) is 32.3 Å². The van der Waals surface area contributed by atoms with E-state index in [0.717, 1.165) is 32.0 Å². The smallest absolute Gasteiger partial charge is 0.253 e. The normalized spacial score (nSPS) is 15.6. The van der Waals surface area contributed by atoms with E-state index >= 15 is 0 Å². The second kappa shape index (κ2) is 6.99. The fraction of sp³-hybridized carbons (Fsp3) is 0.500. The molecular formula is C14H19ClF2N2O. The van der Waals surface area contributed by atoms with Gasteiger partial charge in [0.1, 0.15) is 0 Å². The maximum Gasteiger partial charge on any atom is 0.253 e. The van der Waals surface area contributed by atoms with Gasteiger partial charge in [-0.25, -0.2) is 8.78 Å². The van der Waals surface area contributed by atoms with Crippen LogP contribution in [0.1, 0.15) is 34.7 Å². The maximum atomic E-state index is 13.9. The number of carbonyl (C=O) groups excluding carboxylic acids is 1. The van der Waals surface area contributed by atoms with E-state index in [1.807, 2.05) is 0 Å². The molecule has 2 rings (SSSR count). The van der Waals surface area contributed by atoms with Crippen molar-refractivity contribution in [2.75, 3.05) is 27.2 Å². The molecule has 0 saturated carbocycles. The van der Waals surface area contributed by atoms with Gasteiger partial charge in [0.05, 0.1) is 0 Å². The van der Waals surface area contributed by atoms with Crippen molar-refractivity contribution in [2.24, 2.45) is 0 Å². The largest absolute Gasteiger partial charge is 0.345 e. The van der Waals surface area contributed by atoms with E-state index in [0.29, 0.717) is 5.56 Å². The Kier molecular flexibility index (Phi) is 5.89. The van der Waals surface area contributed by atoms with Crippen LogP contribution < -0.4 is 5.32 Å². The Labute approximate surface area is 123 Å². The van der Waals surface area contributed by atoms with Gasteiger partial charge in [-0.05, 0) is 49.5 Å². The zero-order chi connectivity index (χ0) is 14.0. The van der Waals surface area contributed by atoms with Crippen LogP contribution in [0.4, 0.5) is 8.78 Å². The number of nitrogens with zero attached hydrogens (tertiary/aromatic N) is 1. The predicted octanol–water partition coefficient (Wildman–Crippen LogP) is 2.56. The van der Waals surface area contributed by atoms with Gasteiger partial charge in [-0.15, -0.1) is 12.4 Å². The molecule has 1 aliphatic rings. The number of hydrogen-bond acceptors (Lipinski definition) is 2. The van der Waals surface area contributed by atoms with Crippen LogP contribution in [0.15, 0.2) is 12.1 Å². The molecule has 1 aromatic carbocycles. The second-order valence-electron chi connectivity index (χ2n) is 5.09. The molecule has 1 amide bonds. The maximum absolute atomic E-state index is 13.9. The zero-order valence-corrected chi connectivity index (χ0v) is 12.4. The van der Waals surface area contributed by atoms with E-state index in [-0.39, 0.29) is 29.8 Å². The third kappa shape index (κ3) is 3.46. The Morgan fingerprint density at radius 2 is 1.85 bits per heavy atom. The third-order valence-corrected chi connectivity index (χ3v) is 3.49. The van der Waals surface area contributed by atoms with Crippen LogP contribution in [-0.2, 0) is 0 Å². The van der Waals surface area contributed by atoms with E-state index < -0.39 is 11.6 Å². The van der Waals surface area contributed by atoms with Gasteiger partial charge in [-0.2, -0.15) is 0 Å². The van der Waals surface area contributed by atoms with Crippen molar-refractivity contribution in [1.29, 1.82) is 0 Å². The fourth-order valence-corrected chi connectivity index (χ4v) is 2.42. The van der Waals surface area contributed by atoms with Crippen LogP contribution in [0, 0.1) is 11.6 Å². The van der Waals surface area contributed by atoms with Gasteiger partial charge in [0, 0.05) is 19.7 Å². The lowest BCUT2D eigenvalue weighted by Gasteiger charge is -2.24. The summed E-state index contributed by atoms with van der Waals surface area (Å²) in [6.07, 6.45) is 1.52. The van der Waals surface area contributed by atoms with Crippen molar-refractivity contribution >= 4 is 18.3 Å². The highest BCUT2D eigenvalue weighted by atomic mass is 35.5. The molecule has 0 radical (unpaired) electrons. The molecule has 0 bridgehead atoms. The first-order valence-corrected chi connectivity index (χ1v) is 6.42. The molecule has 0 unspecified atom stereocenters. The van der Waals surface area contributed by atoms with E-state index in [4.69, 9.17) is 0 Å². The van der Waals surface area contributed by atoms with Crippen LogP contribution in [0.5, 0.6) is 0 Å². The molecule has 6 heteroatoms. The SMILES string of the molecule is CN(C)C(=O)c1cc(F)c(F)c(C2CCNCC2)c1.Cl.